The number of likely N-dealkylation sites (tertiary alicyclic amines) is 1. The third-order valence-corrected chi connectivity index (χ3v) is 4.87. The van der Waals surface area contributed by atoms with Gasteiger partial charge in [-0.15, -0.1) is 0 Å². The molecule has 1 atom stereocenters. The number of rotatable bonds is 3. The Morgan fingerprint density at radius 1 is 1.08 bits per heavy atom. The van der Waals surface area contributed by atoms with E-state index in [1.165, 1.54) is 0 Å². The molecule has 2 heterocycles. The van der Waals surface area contributed by atoms with Gasteiger partial charge in [0.2, 0.25) is 5.91 Å². The molecule has 1 aromatic rings. The SMILES string of the molecule is Cc1cc(C)cc(NC(=O)C2CCN(C(=O)C3CCCO3)CC2)c1. The van der Waals surface area contributed by atoms with Crippen LogP contribution in [-0.2, 0) is 14.3 Å². The molecule has 0 saturated carbocycles. The van der Waals surface area contributed by atoms with Crippen molar-refractivity contribution in [3.63, 3.8) is 0 Å². The molecule has 1 unspecified atom stereocenters. The van der Waals surface area contributed by atoms with Crippen molar-refractivity contribution in [3.8, 4) is 0 Å². The van der Waals surface area contributed by atoms with Crippen LogP contribution in [0.2, 0.25) is 0 Å². The molecule has 2 saturated heterocycles. The van der Waals surface area contributed by atoms with Crippen molar-refractivity contribution in [3.05, 3.63) is 29.3 Å². The number of ether oxygens (including phenoxy) is 1. The molecular formula is C19H26N2O3. The van der Waals surface area contributed by atoms with Gasteiger partial charge in [-0.25, -0.2) is 0 Å². The molecule has 2 aliphatic rings. The van der Waals surface area contributed by atoms with E-state index in [1.54, 1.807) is 0 Å². The summed E-state index contributed by atoms with van der Waals surface area (Å²) >= 11 is 0. The first-order valence-electron chi connectivity index (χ1n) is 8.82. The Balaban J connectivity index is 1.52. The van der Waals surface area contributed by atoms with Gasteiger partial charge in [-0.2, -0.15) is 0 Å². The largest absolute Gasteiger partial charge is 0.368 e. The van der Waals surface area contributed by atoms with Crippen LogP contribution < -0.4 is 5.32 Å². The van der Waals surface area contributed by atoms with Gasteiger partial charge in [0.1, 0.15) is 6.10 Å². The lowest BCUT2D eigenvalue weighted by atomic mass is 9.95. The van der Waals surface area contributed by atoms with Gasteiger partial charge in [0.25, 0.3) is 5.91 Å². The molecule has 130 valence electrons. The van der Waals surface area contributed by atoms with E-state index >= 15 is 0 Å². The molecule has 2 amide bonds. The van der Waals surface area contributed by atoms with Gasteiger partial charge in [-0.1, -0.05) is 6.07 Å². The Kier molecular flexibility index (Phi) is 5.19. The van der Waals surface area contributed by atoms with E-state index in [0.29, 0.717) is 19.7 Å². The molecule has 1 aromatic carbocycles. The summed E-state index contributed by atoms with van der Waals surface area (Å²) in [7, 11) is 0. The first kappa shape index (κ1) is 17.0. The lowest BCUT2D eigenvalue weighted by Crippen LogP contribution is -2.45. The van der Waals surface area contributed by atoms with Crippen molar-refractivity contribution in [1.82, 2.24) is 4.90 Å². The molecular weight excluding hydrogens is 304 g/mol. The zero-order chi connectivity index (χ0) is 17.1. The summed E-state index contributed by atoms with van der Waals surface area (Å²) in [4.78, 5) is 26.7. The number of aryl methyl sites for hydroxylation is 2. The van der Waals surface area contributed by atoms with Crippen molar-refractivity contribution in [2.24, 2.45) is 5.92 Å². The second kappa shape index (κ2) is 7.34. The highest BCUT2D eigenvalue weighted by molar-refractivity contribution is 5.93. The van der Waals surface area contributed by atoms with Crippen LogP contribution in [0.4, 0.5) is 5.69 Å². The molecule has 2 fully saturated rings. The molecule has 2 aliphatic heterocycles. The predicted octanol–water partition coefficient (Wildman–Crippen LogP) is 2.66. The normalized spacial score (nSPS) is 21.8. The van der Waals surface area contributed by atoms with Crippen LogP contribution in [0.1, 0.15) is 36.8 Å². The number of hydrogen-bond acceptors (Lipinski definition) is 3. The Bertz CT molecular complexity index is 595. The molecule has 3 rings (SSSR count). The third-order valence-electron chi connectivity index (χ3n) is 4.87. The Hall–Kier alpha value is -1.88. The second-order valence-electron chi connectivity index (χ2n) is 6.97. The Morgan fingerprint density at radius 2 is 1.75 bits per heavy atom. The van der Waals surface area contributed by atoms with Gasteiger partial charge >= 0.3 is 0 Å². The fourth-order valence-corrected chi connectivity index (χ4v) is 3.63. The van der Waals surface area contributed by atoms with E-state index in [-0.39, 0.29) is 23.8 Å². The van der Waals surface area contributed by atoms with Crippen LogP contribution in [-0.4, -0.2) is 42.5 Å². The first-order chi connectivity index (χ1) is 11.5. The minimum atomic E-state index is -0.259. The van der Waals surface area contributed by atoms with Gasteiger partial charge in [0.15, 0.2) is 0 Å². The maximum atomic E-state index is 12.5. The second-order valence-corrected chi connectivity index (χ2v) is 6.97. The summed E-state index contributed by atoms with van der Waals surface area (Å²) in [5.41, 5.74) is 3.14. The summed E-state index contributed by atoms with van der Waals surface area (Å²) in [6, 6.07) is 6.06. The highest BCUT2D eigenvalue weighted by Crippen LogP contribution is 2.23. The van der Waals surface area contributed by atoms with E-state index in [1.807, 2.05) is 30.9 Å². The van der Waals surface area contributed by atoms with Gasteiger partial charge in [0, 0.05) is 31.3 Å². The Labute approximate surface area is 143 Å². The van der Waals surface area contributed by atoms with Crippen LogP contribution in [0, 0.1) is 19.8 Å². The number of benzene rings is 1. The lowest BCUT2D eigenvalue weighted by molar-refractivity contribution is -0.143. The number of amides is 2. The minimum Gasteiger partial charge on any atom is -0.368 e. The summed E-state index contributed by atoms with van der Waals surface area (Å²) < 4.78 is 5.47. The molecule has 5 nitrogen and oxygen atoms in total. The van der Waals surface area contributed by atoms with Gasteiger partial charge < -0.3 is 15.0 Å². The number of piperidine rings is 1. The van der Waals surface area contributed by atoms with Gasteiger partial charge in [-0.3, -0.25) is 9.59 Å². The molecule has 0 aliphatic carbocycles. The van der Waals surface area contributed by atoms with E-state index in [4.69, 9.17) is 4.74 Å². The maximum absolute atomic E-state index is 12.5. The highest BCUT2D eigenvalue weighted by atomic mass is 16.5. The van der Waals surface area contributed by atoms with Crippen molar-refractivity contribution in [2.75, 3.05) is 25.0 Å². The number of carbonyl (C=O) groups excluding carboxylic acids is 2. The van der Waals surface area contributed by atoms with Crippen molar-refractivity contribution in [1.29, 1.82) is 0 Å². The van der Waals surface area contributed by atoms with E-state index in [9.17, 15) is 9.59 Å². The molecule has 24 heavy (non-hydrogen) atoms. The summed E-state index contributed by atoms with van der Waals surface area (Å²) in [5, 5.41) is 3.03. The van der Waals surface area contributed by atoms with Gasteiger partial charge in [0.05, 0.1) is 0 Å². The van der Waals surface area contributed by atoms with Crippen molar-refractivity contribution >= 4 is 17.5 Å². The van der Waals surface area contributed by atoms with Crippen LogP contribution in [0.5, 0.6) is 0 Å². The quantitative estimate of drug-likeness (QED) is 0.927. The van der Waals surface area contributed by atoms with E-state index in [0.717, 1.165) is 42.5 Å². The van der Waals surface area contributed by atoms with E-state index < -0.39 is 0 Å². The average molecular weight is 330 g/mol. The monoisotopic (exact) mass is 330 g/mol. The molecule has 0 radical (unpaired) electrons. The summed E-state index contributed by atoms with van der Waals surface area (Å²) in [6.45, 7) is 6.02. The zero-order valence-corrected chi connectivity index (χ0v) is 14.5. The summed E-state index contributed by atoms with van der Waals surface area (Å²) in [5.74, 6) is 0.129. The topological polar surface area (TPSA) is 58.6 Å². The van der Waals surface area contributed by atoms with E-state index in [2.05, 4.69) is 11.4 Å². The number of nitrogens with zero attached hydrogens (tertiary/aromatic N) is 1. The standard InChI is InChI=1S/C19H26N2O3/c1-13-10-14(2)12-16(11-13)20-18(22)15-5-7-21(8-6-15)19(23)17-4-3-9-24-17/h10-12,15,17H,3-9H2,1-2H3,(H,20,22). The van der Waals surface area contributed by atoms with Crippen LogP contribution >= 0.6 is 0 Å². The molecule has 5 heteroatoms. The first-order valence-corrected chi connectivity index (χ1v) is 8.82. The van der Waals surface area contributed by atoms with Crippen LogP contribution in [0.25, 0.3) is 0 Å². The molecule has 1 N–H and O–H groups in total. The average Bonchev–Trinajstić information content (AvgIpc) is 3.07. The summed E-state index contributed by atoms with van der Waals surface area (Å²) in [6.07, 6.45) is 2.96. The predicted molar refractivity (Wildman–Crippen MR) is 92.8 cm³/mol. The molecule has 0 aromatic heterocycles. The fraction of sp³-hybridized carbons (Fsp3) is 0.579. The van der Waals surface area contributed by atoms with Crippen LogP contribution in [0.3, 0.4) is 0 Å². The maximum Gasteiger partial charge on any atom is 0.251 e. The smallest absolute Gasteiger partial charge is 0.251 e. The highest BCUT2D eigenvalue weighted by Gasteiger charge is 2.32. The number of nitrogens with one attached hydrogen (secondary N) is 1. The fourth-order valence-electron chi connectivity index (χ4n) is 3.63. The lowest BCUT2D eigenvalue weighted by Gasteiger charge is -2.32. The van der Waals surface area contributed by atoms with Crippen molar-refractivity contribution < 1.29 is 14.3 Å². The molecule has 0 bridgehead atoms. The number of hydrogen-bond donors (Lipinski definition) is 1. The van der Waals surface area contributed by atoms with Crippen LogP contribution in [0.15, 0.2) is 18.2 Å². The number of carbonyl (C=O) groups is 2. The number of anilines is 1. The molecule has 0 spiro atoms. The minimum absolute atomic E-state index is 0.0284. The van der Waals surface area contributed by atoms with Gasteiger partial charge in [-0.05, 0) is 62.8 Å². The zero-order valence-electron chi connectivity index (χ0n) is 14.5. The Morgan fingerprint density at radius 3 is 2.33 bits per heavy atom. The third kappa shape index (κ3) is 3.96. The van der Waals surface area contributed by atoms with Crippen molar-refractivity contribution in [2.45, 2.75) is 45.6 Å².